The molecule has 0 aliphatic heterocycles. The molecule has 2 amide bonds. The molecule has 3 aromatic rings. The van der Waals surface area contributed by atoms with Gasteiger partial charge in [0, 0.05) is 18.8 Å². The van der Waals surface area contributed by atoms with E-state index in [1.165, 1.54) is 5.56 Å². The number of hydrogen-bond donors (Lipinski definition) is 1. The van der Waals surface area contributed by atoms with Crippen LogP contribution in [0.15, 0.2) is 72.8 Å². The smallest absolute Gasteiger partial charge is 0.276 e. The third kappa shape index (κ3) is 4.62. The van der Waals surface area contributed by atoms with Gasteiger partial charge >= 0.3 is 0 Å². The van der Waals surface area contributed by atoms with Gasteiger partial charge in [0.1, 0.15) is 11.4 Å². The van der Waals surface area contributed by atoms with Gasteiger partial charge in [0.05, 0.1) is 0 Å². The quantitative estimate of drug-likeness (QED) is 0.711. The van der Waals surface area contributed by atoms with Gasteiger partial charge in [-0.05, 0) is 43.7 Å². The molecule has 0 aliphatic rings. The van der Waals surface area contributed by atoms with Crippen LogP contribution in [0.3, 0.4) is 0 Å². The highest BCUT2D eigenvalue weighted by molar-refractivity contribution is 6.05. The fourth-order valence-electron chi connectivity index (χ4n) is 2.85. The number of nitrogens with one attached hydrogen (secondary N) is 1. The molecule has 1 aromatic heterocycles. The van der Waals surface area contributed by atoms with E-state index in [4.69, 9.17) is 0 Å². The van der Waals surface area contributed by atoms with Gasteiger partial charge in [0.15, 0.2) is 0 Å². The average Bonchev–Trinajstić information content (AvgIpc) is 2.74. The molecule has 142 valence electrons. The number of amides is 2. The van der Waals surface area contributed by atoms with Crippen LogP contribution in [0, 0.1) is 6.92 Å². The molecule has 1 heterocycles. The molecule has 0 bridgehead atoms. The summed E-state index contributed by atoms with van der Waals surface area (Å²) in [5.74, 6) is -0.542. The number of benzene rings is 2. The number of aromatic nitrogens is 1. The van der Waals surface area contributed by atoms with Crippen LogP contribution in [0.5, 0.6) is 0 Å². The van der Waals surface area contributed by atoms with Gasteiger partial charge < -0.3 is 10.2 Å². The number of anilines is 1. The van der Waals surface area contributed by atoms with Crippen LogP contribution in [-0.4, -0.2) is 23.3 Å². The van der Waals surface area contributed by atoms with Crippen LogP contribution in [0.2, 0.25) is 0 Å². The van der Waals surface area contributed by atoms with Gasteiger partial charge in [-0.25, -0.2) is 4.98 Å². The van der Waals surface area contributed by atoms with Crippen LogP contribution in [0.25, 0.3) is 0 Å². The third-order valence-electron chi connectivity index (χ3n) is 4.40. The molecule has 1 N–H and O–H groups in total. The lowest BCUT2D eigenvalue weighted by Gasteiger charge is -2.20. The van der Waals surface area contributed by atoms with Crippen LogP contribution in [-0.2, 0) is 6.54 Å². The summed E-state index contributed by atoms with van der Waals surface area (Å²) in [7, 11) is 0. The second-order valence-corrected chi connectivity index (χ2v) is 6.46. The summed E-state index contributed by atoms with van der Waals surface area (Å²) >= 11 is 0. The molecule has 5 heteroatoms. The number of nitrogens with zero attached hydrogens (tertiary/aromatic N) is 2. The Balaban J connectivity index is 1.72. The molecule has 0 aliphatic carbocycles. The predicted octanol–water partition coefficient (Wildman–Crippen LogP) is 3.99. The van der Waals surface area contributed by atoms with E-state index in [-0.39, 0.29) is 23.2 Å². The molecule has 0 spiro atoms. The normalized spacial score (nSPS) is 10.4. The molecule has 0 unspecified atom stereocenters. The van der Waals surface area contributed by atoms with Crippen molar-refractivity contribution in [3.05, 3.63) is 95.3 Å². The number of carbonyl (C=O) groups excluding carboxylic acids is 2. The lowest BCUT2D eigenvalue weighted by Crippen LogP contribution is -2.32. The van der Waals surface area contributed by atoms with Crippen molar-refractivity contribution >= 4 is 17.5 Å². The molecule has 0 saturated carbocycles. The zero-order valence-corrected chi connectivity index (χ0v) is 16.1. The highest BCUT2D eigenvalue weighted by atomic mass is 16.2. The average molecular weight is 373 g/mol. The van der Waals surface area contributed by atoms with E-state index in [0.29, 0.717) is 13.1 Å². The first-order valence-corrected chi connectivity index (χ1v) is 9.26. The van der Waals surface area contributed by atoms with E-state index in [1.807, 2.05) is 68.4 Å². The number of pyridine rings is 1. The van der Waals surface area contributed by atoms with Crippen LogP contribution in [0.4, 0.5) is 5.69 Å². The van der Waals surface area contributed by atoms with Crippen molar-refractivity contribution in [1.29, 1.82) is 0 Å². The van der Waals surface area contributed by atoms with E-state index in [1.54, 1.807) is 23.1 Å². The Morgan fingerprint density at radius 3 is 2.25 bits per heavy atom. The zero-order valence-electron chi connectivity index (χ0n) is 16.1. The molecule has 0 saturated heterocycles. The Morgan fingerprint density at radius 1 is 0.893 bits per heavy atom. The van der Waals surface area contributed by atoms with E-state index in [2.05, 4.69) is 10.3 Å². The SMILES string of the molecule is CCN(C(=O)c1cccc(C(=O)NCc2ccc(C)cc2)n1)c1ccccc1. The van der Waals surface area contributed by atoms with Gasteiger partial charge in [-0.15, -0.1) is 0 Å². The summed E-state index contributed by atoms with van der Waals surface area (Å²) in [6.07, 6.45) is 0. The molecule has 3 rings (SSSR count). The maximum absolute atomic E-state index is 12.9. The maximum atomic E-state index is 12.9. The minimum atomic E-state index is -0.307. The standard InChI is InChI=1S/C23H23N3O2/c1-3-26(19-8-5-4-6-9-19)23(28)21-11-7-10-20(25-21)22(27)24-16-18-14-12-17(2)13-15-18/h4-15H,3,16H2,1-2H3,(H,24,27). The summed E-state index contributed by atoms with van der Waals surface area (Å²) in [5.41, 5.74) is 3.44. The highest BCUT2D eigenvalue weighted by Crippen LogP contribution is 2.16. The fraction of sp³-hybridized carbons (Fsp3) is 0.174. The molecular weight excluding hydrogens is 350 g/mol. The summed E-state index contributed by atoms with van der Waals surface area (Å²) in [4.78, 5) is 31.3. The van der Waals surface area contributed by atoms with Gasteiger partial charge in [-0.1, -0.05) is 54.1 Å². The maximum Gasteiger partial charge on any atom is 0.276 e. The van der Waals surface area contributed by atoms with Crippen molar-refractivity contribution in [2.24, 2.45) is 0 Å². The Hall–Kier alpha value is -3.47. The Kier molecular flexibility index (Phi) is 6.17. The lowest BCUT2D eigenvalue weighted by atomic mass is 10.1. The number of para-hydroxylation sites is 1. The first-order chi connectivity index (χ1) is 13.6. The predicted molar refractivity (Wildman–Crippen MR) is 110 cm³/mol. The fourth-order valence-corrected chi connectivity index (χ4v) is 2.85. The molecule has 5 nitrogen and oxygen atoms in total. The molecular formula is C23H23N3O2. The molecule has 0 atom stereocenters. The third-order valence-corrected chi connectivity index (χ3v) is 4.40. The zero-order chi connectivity index (χ0) is 19.9. The van der Waals surface area contributed by atoms with Crippen LogP contribution < -0.4 is 10.2 Å². The molecule has 28 heavy (non-hydrogen) atoms. The van der Waals surface area contributed by atoms with Crippen molar-refractivity contribution in [3.8, 4) is 0 Å². The van der Waals surface area contributed by atoms with Gasteiger partial charge in [0.2, 0.25) is 0 Å². The van der Waals surface area contributed by atoms with Crippen molar-refractivity contribution < 1.29 is 9.59 Å². The lowest BCUT2D eigenvalue weighted by molar-refractivity contribution is 0.0945. The topological polar surface area (TPSA) is 62.3 Å². The summed E-state index contributed by atoms with van der Waals surface area (Å²) in [5, 5.41) is 2.85. The number of rotatable bonds is 6. The first-order valence-electron chi connectivity index (χ1n) is 9.26. The van der Waals surface area contributed by atoms with Crippen LogP contribution >= 0.6 is 0 Å². The first kappa shape index (κ1) is 19.3. The van der Waals surface area contributed by atoms with Gasteiger partial charge in [-0.3, -0.25) is 9.59 Å². The second-order valence-electron chi connectivity index (χ2n) is 6.46. The second kappa shape index (κ2) is 8.95. The van der Waals surface area contributed by atoms with E-state index >= 15 is 0 Å². The largest absolute Gasteiger partial charge is 0.347 e. The monoisotopic (exact) mass is 373 g/mol. The minimum absolute atomic E-state index is 0.224. The van der Waals surface area contributed by atoms with E-state index in [9.17, 15) is 9.59 Å². The van der Waals surface area contributed by atoms with Crippen molar-refractivity contribution in [3.63, 3.8) is 0 Å². The minimum Gasteiger partial charge on any atom is -0.347 e. The highest BCUT2D eigenvalue weighted by Gasteiger charge is 2.18. The Morgan fingerprint density at radius 2 is 1.57 bits per heavy atom. The molecule has 0 radical (unpaired) electrons. The van der Waals surface area contributed by atoms with Gasteiger partial charge in [0.25, 0.3) is 11.8 Å². The summed E-state index contributed by atoms with van der Waals surface area (Å²) in [6.45, 7) is 4.84. The van der Waals surface area contributed by atoms with E-state index < -0.39 is 0 Å². The summed E-state index contributed by atoms with van der Waals surface area (Å²) in [6, 6.07) is 22.3. The number of aryl methyl sites for hydroxylation is 1. The van der Waals surface area contributed by atoms with Crippen molar-refractivity contribution in [2.45, 2.75) is 20.4 Å². The molecule has 2 aromatic carbocycles. The van der Waals surface area contributed by atoms with E-state index in [0.717, 1.165) is 11.3 Å². The molecule has 0 fully saturated rings. The Labute approximate surface area is 165 Å². The Bertz CT molecular complexity index is 953. The van der Waals surface area contributed by atoms with Gasteiger partial charge in [-0.2, -0.15) is 0 Å². The van der Waals surface area contributed by atoms with Crippen molar-refractivity contribution in [1.82, 2.24) is 10.3 Å². The summed E-state index contributed by atoms with van der Waals surface area (Å²) < 4.78 is 0. The number of carbonyl (C=O) groups is 2. The van der Waals surface area contributed by atoms with Crippen LogP contribution in [0.1, 0.15) is 39.0 Å². The number of hydrogen-bond acceptors (Lipinski definition) is 3. The van der Waals surface area contributed by atoms with Crippen molar-refractivity contribution in [2.75, 3.05) is 11.4 Å².